The van der Waals surface area contributed by atoms with Crippen molar-refractivity contribution < 1.29 is 24.2 Å². The number of ether oxygens (including phenoxy) is 1. The molecule has 36 heavy (non-hydrogen) atoms. The van der Waals surface area contributed by atoms with Crippen LogP contribution in [0.5, 0.6) is 0 Å². The topological polar surface area (TPSA) is 80.7 Å². The first-order valence-electron chi connectivity index (χ1n) is 13.9. The summed E-state index contributed by atoms with van der Waals surface area (Å²) in [7, 11) is 1.40. The van der Waals surface area contributed by atoms with Crippen molar-refractivity contribution in [3.05, 3.63) is 22.8 Å². The van der Waals surface area contributed by atoms with Crippen LogP contribution < -0.4 is 0 Å². The summed E-state index contributed by atoms with van der Waals surface area (Å²) in [4.78, 5) is 38.5. The van der Waals surface area contributed by atoms with Gasteiger partial charge in [-0.25, -0.2) is 4.79 Å². The number of aliphatic hydroxyl groups excluding tert-OH is 1. The Bertz CT molecular complexity index is 1030. The largest absolute Gasteiger partial charge is 0.466 e. The van der Waals surface area contributed by atoms with Crippen LogP contribution in [0.4, 0.5) is 0 Å². The molecule has 1 N–H and O–H groups in total. The standard InChI is InChI=1S/C31H46O5/c1-18(10-9-11-19(2)27(35)36-8)20-12-15-30(6)26-21(32)16-23-28(3,4)24(34)13-14-29(23,5)25(26)22(33)17-31(20,30)7/h11,18,20,22-23,33H,9-10,12-17H2,1-8H3/b19-11+/t18-,20-,22-,23+,29+,30+,31-/m1/s1. The molecule has 0 radical (unpaired) electrons. The van der Waals surface area contributed by atoms with Crippen LogP contribution in [0.1, 0.15) is 99.8 Å². The number of aliphatic hydroxyl groups is 1. The lowest BCUT2D eigenvalue weighted by Crippen LogP contribution is -2.59. The first-order chi connectivity index (χ1) is 16.6. The lowest BCUT2D eigenvalue weighted by Gasteiger charge is -2.61. The third kappa shape index (κ3) is 3.70. The quantitative estimate of drug-likeness (QED) is 0.372. The van der Waals surface area contributed by atoms with Crippen LogP contribution in [0, 0.1) is 39.4 Å². The Balaban J connectivity index is 1.68. The molecule has 0 aliphatic heterocycles. The molecule has 0 unspecified atom stereocenters. The average Bonchev–Trinajstić information content (AvgIpc) is 3.08. The van der Waals surface area contributed by atoms with E-state index in [0.717, 1.165) is 43.3 Å². The van der Waals surface area contributed by atoms with Gasteiger partial charge in [0.05, 0.1) is 13.2 Å². The lowest BCUT2D eigenvalue weighted by molar-refractivity contribution is -0.144. The molecular formula is C31H46O5. The summed E-state index contributed by atoms with van der Waals surface area (Å²) < 4.78 is 4.82. The number of rotatable bonds is 5. The van der Waals surface area contributed by atoms with Gasteiger partial charge in [0.15, 0.2) is 5.78 Å². The minimum atomic E-state index is -0.645. The van der Waals surface area contributed by atoms with Gasteiger partial charge in [0.25, 0.3) is 0 Å². The second kappa shape index (κ2) is 8.92. The Morgan fingerprint density at radius 3 is 2.47 bits per heavy atom. The molecule has 0 aromatic rings. The predicted molar refractivity (Wildman–Crippen MR) is 140 cm³/mol. The fourth-order valence-corrected chi connectivity index (χ4v) is 9.21. The van der Waals surface area contributed by atoms with E-state index in [9.17, 15) is 19.5 Å². The van der Waals surface area contributed by atoms with Crippen LogP contribution in [0.3, 0.4) is 0 Å². The molecule has 200 valence electrons. The van der Waals surface area contributed by atoms with Crippen molar-refractivity contribution in [1.82, 2.24) is 0 Å². The molecule has 0 bridgehead atoms. The highest BCUT2D eigenvalue weighted by molar-refractivity contribution is 6.01. The zero-order valence-corrected chi connectivity index (χ0v) is 23.6. The zero-order chi connectivity index (χ0) is 26.8. The van der Waals surface area contributed by atoms with Gasteiger partial charge in [-0.05, 0) is 79.6 Å². The molecule has 0 spiro atoms. The Kier molecular flexibility index (Phi) is 6.76. The van der Waals surface area contributed by atoms with E-state index in [-0.39, 0.29) is 39.7 Å². The van der Waals surface area contributed by atoms with Crippen molar-refractivity contribution in [3.8, 4) is 0 Å². The molecule has 5 nitrogen and oxygen atoms in total. The average molecular weight is 499 g/mol. The third-order valence-corrected chi connectivity index (χ3v) is 11.6. The van der Waals surface area contributed by atoms with Gasteiger partial charge in [0.2, 0.25) is 0 Å². The van der Waals surface area contributed by atoms with E-state index in [0.29, 0.717) is 36.7 Å². The van der Waals surface area contributed by atoms with Crippen LogP contribution in [-0.4, -0.2) is 35.9 Å². The summed E-state index contributed by atoms with van der Waals surface area (Å²) in [6, 6.07) is 0. The van der Waals surface area contributed by atoms with E-state index >= 15 is 0 Å². The van der Waals surface area contributed by atoms with Gasteiger partial charge < -0.3 is 9.84 Å². The molecule has 0 saturated heterocycles. The number of methoxy groups -OCH3 is 1. The van der Waals surface area contributed by atoms with Crippen molar-refractivity contribution in [1.29, 1.82) is 0 Å². The summed E-state index contributed by atoms with van der Waals surface area (Å²) in [6.07, 6.45) is 7.39. The minimum absolute atomic E-state index is 0.0546. The number of hydrogen-bond acceptors (Lipinski definition) is 5. The van der Waals surface area contributed by atoms with Crippen molar-refractivity contribution in [2.24, 2.45) is 39.4 Å². The molecule has 4 rings (SSSR count). The normalized spacial score (nSPS) is 40.9. The highest BCUT2D eigenvalue weighted by Gasteiger charge is 2.67. The van der Waals surface area contributed by atoms with Gasteiger partial charge in [0.1, 0.15) is 5.78 Å². The van der Waals surface area contributed by atoms with Crippen molar-refractivity contribution in [2.75, 3.05) is 7.11 Å². The SMILES string of the molecule is COC(=O)/C(C)=C/CC[C@@H](C)[C@H]1CC[C@@]2(C)C3=C([C@H](O)C[C@]12C)[C@@]1(C)CCC(=O)C(C)(C)[C@@H]1CC3=O. The van der Waals surface area contributed by atoms with E-state index in [2.05, 4.69) is 27.7 Å². The van der Waals surface area contributed by atoms with Crippen LogP contribution >= 0.6 is 0 Å². The number of carbonyl (C=O) groups excluding carboxylic acids is 3. The molecule has 7 atom stereocenters. The second-order valence-electron chi connectivity index (χ2n) is 13.6. The molecule has 5 heteroatoms. The fraction of sp³-hybridized carbons (Fsp3) is 0.774. The highest BCUT2D eigenvalue weighted by atomic mass is 16.5. The van der Waals surface area contributed by atoms with Crippen LogP contribution in [-0.2, 0) is 19.1 Å². The molecule has 0 amide bonds. The fourth-order valence-electron chi connectivity index (χ4n) is 9.21. The van der Waals surface area contributed by atoms with E-state index in [1.807, 2.05) is 19.9 Å². The second-order valence-corrected chi connectivity index (χ2v) is 13.6. The molecular weight excluding hydrogens is 452 g/mol. The number of fused-ring (bicyclic) bond motifs is 4. The maximum absolute atomic E-state index is 13.9. The number of hydrogen-bond donors (Lipinski definition) is 1. The highest BCUT2D eigenvalue weighted by Crippen LogP contribution is 2.71. The Hall–Kier alpha value is -1.75. The molecule has 0 heterocycles. The molecule has 0 aromatic carbocycles. The summed E-state index contributed by atoms with van der Waals surface area (Å²) in [6.45, 7) is 14.9. The van der Waals surface area contributed by atoms with Gasteiger partial charge in [-0.3, -0.25) is 9.59 Å². The Morgan fingerprint density at radius 2 is 1.83 bits per heavy atom. The minimum Gasteiger partial charge on any atom is -0.466 e. The predicted octanol–water partition coefficient (Wildman–Crippen LogP) is 5.99. The lowest BCUT2D eigenvalue weighted by atomic mass is 9.42. The van der Waals surface area contributed by atoms with Crippen molar-refractivity contribution in [2.45, 2.75) is 106 Å². The number of carbonyl (C=O) groups is 3. The van der Waals surface area contributed by atoms with Crippen molar-refractivity contribution in [3.63, 3.8) is 0 Å². The number of ketones is 2. The molecule has 4 aliphatic carbocycles. The molecule has 0 aromatic heterocycles. The first-order valence-corrected chi connectivity index (χ1v) is 13.9. The van der Waals surface area contributed by atoms with Crippen LogP contribution in [0.2, 0.25) is 0 Å². The monoisotopic (exact) mass is 498 g/mol. The zero-order valence-electron chi connectivity index (χ0n) is 23.6. The van der Waals surface area contributed by atoms with Crippen LogP contribution in [0.15, 0.2) is 22.8 Å². The summed E-state index contributed by atoms with van der Waals surface area (Å²) in [5, 5.41) is 11.8. The van der Waals surface area contributed by atoms with E-state index < -0.39 is 11.5 Å². The Morgan fingerprint density at radius 1 is 1.17 bits per heavy atom. The van der Waals surface area contributed by atoms with Gasteiger partial charge >= 0.3 is 5.97 Å². The maximum atomic E-state index is 13.9. The van der Waals surface area contributed by atoms with Gasteiger partial charge in [-0.15, -0.1) is 0 Å². The van der Waals surface area contributed by atoms with E-state index in [4.69, 9.17) is 4.74 Å². The van der Waals surface area contributed by atoms with E-state index in [1.165, 1.54) is 7.11 Å². The van der Waals surface area contributed by atoms with E-state index in [1.54, 1.807) is 6.92 Å². The molecule has 4 aliphatic rings. The van der Waals surface area contributed by atoms with Crippen molar-refractivity contribution >= 4 is 17.5 Å². The summed E-state index contributed by atoms with van der Waals surface area (Å²) >= 11 is 0. The number of esters is 1. The van der Waals surface area contributed by atoms with Gasteiger partial charge in [0, 0.05) is 34.8 Å². The van der Waals surface area contributed by atoms with Gasteiger partial charge in [-0.1, -0.05) is 47.6 Å². The first kappa shape index (κ1) is 27.3. The third-order valence-electron chi connectivity index (χ3n) is 11.6. The van der Waals surface area contributed by atoms with Crippen LogP contribution in [0.25, 0.3) is 0 Å². The molecule has 2 saturated carbocycles. The smallest absolute Gasteiger partial charge is 0.333 e. The summed E-state index contributed by atoms with van der Waals surface area (Å²) in [5.74, 6) is 0.859. The Labute approximate surface area is 217 Å². The number of Topliss-reactive ketones (excluding diaryl/α,β-unsaturated/α-hetero) is 2. The number of allylic oxidation sites excluding steroid dienone is 2. The molecule has 2 fully saturated rings. The summed E-state index contributed by atoms with van der Waals surface area (Å²) in [5.41, 5.74) is 1.20. The maximum Gasteiger partial charge on any atom is 0.333 e. The van der Waals surface area contributed by atoms with Gasteiger partial charge in [-0.2, -0.15) is 0 Å².